The number of carbonyl (C=O) groups excluding carboxylic acids is 3. The third kappa shape index (κ3) is 51.7. The maximum absolute atomic E-state index is 12.8. The average molecular weight is 907 g/mol. The van der Waals surface area contributed by atoms with Crippen LogP contribution in [0.1, 0.15) is 265 Å². The maximum atomic E-state index is 12.8. The van der Waals surface area contributed by atoms with Crippen LogP contribution in [0.2, 0.25) is 0 Å². The lowest BCUT2D eigenvalue weighted by Gasteiger charge is -2.18. The lowest BCUT2D eigenvalue weighted by Crippen LogP contribution is -2.30. The van der Waals surface area contributed by atoms with Crippen molar-refractivity contribution in [2.24, 2.45) is 0 Å². The van der Waals surface area contributed by atoms with Gasteiger partial charge in [-0.2, -0.15) is 0 Å². The van der Waals surface area contributed by atoms with E-state index in [2.05, 4.69) is 93.7 Å². The summed E-state index contributed by atoms with van der Waals surface area (Å²) in [5, 5.41) is 0. The Labute approximate surface area is 402 Å². The number of rotatable bonds is 49. The molecule has 1 atom stereocenters. The van der Waals surface area contributed by atoms with Crippen LogP contribution in [0.25, 0.3) is 0 Å². The predicted molar refractivity (Wildman–Crippen MR) is 279 cm³/mol. The highest BCUT2D eigenvalue weighted by Gasteiger charge is 2.19. The largest absolute Gasteiger partial charge is 0.462 e. The topological polar surface area (TPSA) is 78.9 Å². The first-order valence-corrected chi connectivity index (χ1v) is 27.4. The molecule has 0 aliphatic heterocycles. The molecule has 0 fully saturated rings. The van der Waals surface area contributed by atoms with E-state index in [-0.39, 0.29) is 37.5 Å². The van der Waals surface area contributed by atoms with Gasteiger partial charge in [0, 0.05) is 19.3 Å². The van der Waals surface area contributed by atoms with Crippen LogP contribution >= 0.6 is 0 Å². The number of unbranched alkanes of at least 4 members (excludes halogenated alkanes) is 26. The van der Waals surface area contributed by atoms with E-state index in [1.165, 1.54) is 141 Å². The molecule has 0 saturated heterocycles. The molecule has 0 aliphatic rings. The van der Waals surface area contributed by atoms with E-state index in [1.54, 1.807) is 0 Å². The van der Waals surface area contributed by atoms with Gasteiger partial charge in [0.2, 0.25) is 0 Å². The molecule has 374 valence electrons. The van der Waals surface area contributed by atoms with Crippen LogP contribution in [0, 0.1) is 0 Å². The Balaban J connectivity index is 4.40. The van der Waals surface area contributed by atoms with Crippen molar-refractivity contribution in [3.8, 4) is 0 Å². The van der Waals surface area contributed by atoms with Crippen LogP contribution in [0.5, 0.6) is 0 Å². The highest BCUT2D eigenvalue weighted by Crippen LogP contribution is 2.14. The van der Waals surface area contributed by atoms with Crippen molar-refractivity contribution in [3.63, 3.8) is 0 Å². The highest BCUT2D eigenvalue weighted by molar-refractivity contribution is 5.71. The van der Waals surface area contributed by atoms with Gasteiger partial charge in [-0.05, 0) is 103 Å². The highest BCUT2D eigenvalue weighted by atomic mass is 16.6. The summed E-state index contributed by atoms with van der Waals surface area (Å²) in [4.78, 5) is 38.0. The molecule has 0 radical (unpaired) electrons. The van der Waals surface area contributed by atoms with Gasteiger partial charge in [0.15, 0.2) is 6.10 Å². The molecule has 0 saturated carbocycles. The average Bonchev–Trinajstić information content (AvgIpc) is 3.30. The second-order valence-corrected chi connectivity index (χ2v) is 18.1. The van der Waals surface area contributed by atoms with Gasteiger partial charge in [0.1, 0.15) is 13.2 Å². The van der Waals surface area contributed by atoms with Crippen molar-refractivity contribution in [2.75, 3.05) is 13.2 Å². The van der Waals surface area contributed by atoms with Gasteiger partial charge in [-0.3, -0.25) is 14.4 Å². The SMILES string of the molecule is CCCC/C=C\CCCCCCCC(=O)O[C@H](COC(=O)CCC/C=C\C/C=C\C/C=C\C/C=C\CCCCC)COC(=O)CCCCCCCCCCC/C=C\CCCCCCCC. The zero-order valence-corrected chi connectivity index (χ0v) is 42.7. The minimum absolute atomic E-state index is 0.0965. The van der Waals surface area contributed by atoms with Crippen LogP contribution in [0.4, 0.5) is 0 Å². The number of esters is 3. The van der Waals surface area contributed by atoms with Crippen molar-refractivity contribution < 1.29 is 28.6 Å². The van der Waals surface area contributed by atoms with Gasteiger partial charge in [-0.25, -0.2) is 0 Å². The molecule has 0 heterocycles. The Morgan fingerprint density at radius 1 is 0.308 bits per heavy atom. The molecule has 0 aromatic rings. The molecule has 0 N–H and O–H groups in total. The molecule has 65 heavy (non-hydrogen) atoms. The fraction of sp³-hybridized carbons (Fsp3) is 0.746. The van der Waals surface area contributed by atoms with Crippen molar-refractivity contribution >= 4 is 17.9 Å². The first-order chi connectivity index (χ1) is 32.0. The maximum Gasteiger partial charge on any atom is 0.306 e. The monoisotopic (exact) mass is 907 g/mol. The van der Waals surface area contributed by atoms with Crippen molar-refractivity contribution in [2.45, 2.75) is 271 Å². The van der Waals surface area contributed by atoms with Crippen LogP contribution in [0.15, 0.2) is 72.9 Å². The molecule has 0 unspecified atom stereocenters. The summed E-state index contributed by atoms with van der Waals surface area (Å²) in [5.41, 5.74) is 0. The van der Waals surface area contributed by atoms with Gasteiger partial charge < -0.3 is 14.2 Å². The van der Waals surface area contributed by atoms with E-state index in [1.807, 2.05) is 0 Å². The minimum Gasteiger partial charge on any atom is -0.462 e. The van der Waals surface area contributed by atoms with Gasteiger partial charge >= 0.3 is 17.9 Å². The number of hydrogen-bond donors (Lipinski definition) is 0. The Hall–Kier alpha value is -3.15. The zero-order valence-electron chi connectivity index (χ0n) is 42.7. The van der Waals surface area contributed by atoms with Gasteiger partial charge in [0.25, 0.3) is 0 Å². The van der Waals surface area contributed by atoms with Crippen molar-refractivity contribution in [3.05, 3.63) is 72.9 Å². The second kappa shape index (κ2) is 53.5. The van der Waals surface area contributed by atoms with Gasteiger partial charge in [0.05, 0.1) is 0 Å². The molecule has 6 nitrogen and oxygen atoms in total. The van der Waals surface area contributed by atoms with E-state index >= 15 is 0 Å². The second-order valence-electron chi connectivity index (χ2n) is 18.1. The van der Waals surface area contributed by atoms with Crippen molar-refractivity contribution in [1.29, 1.82) is 0 Å². The molecule has 6 heteroatoms. The van der Waals surface area contributed by atoms with Gasteiger partial charge in [-0.1, -0.05) is 216 Å². The summed E-state index contributed by atoms with van der Waals surface area (Å²) < 4.78 is 16.8. The predicted octanol–water partition coefficient (Wildman–Crippen LogP) is 18.2. The number of allylic oxidation sites excluding steroid dienone is 12. The number of ether oxygens (including phenoxy) is 3. The Kier molecular flexibility index (Phi) is 50.9. The van der Waals surface area contributed by atoms with Crippen LogP contribution in [-0.2, 0) is 28.6 Å². The molecular weight excluding hydrogens is 805 g/mol. The normalized spacial score (nSPS) is 12.6. The summed E-state index contributed by atoms with van der Waals surface area (Å²) in [6.45, 7) is 6.52. The Morgan fingerprint density at radius 3 is 1.02 bits per heavy atom. The molecule has 0 amide bonds. The molecule has 0 rings (SSSR count). The van der Waals surface area contributed by atoms with Crippen molar-refractivity contribution in [1.82, 2.24) is 0 Å². The smallest absolute Gasteiger partial charge is 0.306 e. The number of hydrogen-bond acceptors (Lipinski definition) is 6. The fourth-order valence-corrected chi connectivity index (χ4v) is 7.47. The molecule has 0 aliphatic carbocycles. The standard InChI is InChI=1S/C59H102O6/c1-4-7-10-13-16-19-22-24-26-28-29-31-33-35-38-40-43-46-49-52-58(61)64-55-56(65-59(62)53-50-47-44-41-36-21-18-15-12-9-6-3)54-63-57(60)51-48-45-42-39-37-34-32-30-27-25-23-20-17-14-11-8-5-2/h15,17-18,20,24-27,32,34,39,42,56H,4-14,16,19,21-23,28-31,33,35-38,40-41,43-55H2,1-3H3/b18-15-,20-17-,26-24-,27-25-,34-32-,42-39-/t56-/m1/s1. The minimum atomic E-state index is -0.801. The third-order valence-electron chi connectivity index (χ3n) is 11.7. The summed E-state index contributed by atoms with van der Waals surface area (Å²) >= 11 is 0. The van der Waals surface area contributed by atoms with E-state index in [4.69, 9.17) is 14.2 Å². The first-order valence-electron chi connectivity index (χ1n) is 27.4. The zero-order chi connectivity index (χ0) is 47.2. The quantitative estimate of drug-likeness (QED) is 0.0262. The summed E-state index contributed by atoms with van der Waals surface area (Å²) in [6, 6.07) is 0. The summed E-state index contributed by atoms with van der Waals surface area (Å²) in [5.74, 6) is -0.963. The Morgan fingerprint density at radius 2 is 0.585 bits per heavy atom. The fourth-order valence-electron chi connectivity index (χ4n) is 7.47. The first kappa shape index (κ1) is 61.9. The molecule has 0 aromatic heterocycles. The van der Waals surface area contributed by atoms with Gasteiger partial charge in [-0.15, -0.1) is 0 Å². The molecular formula is C59H102O6. The van der Waals surface area contributed by atoms with E-state index in [0.717, 1.165) is 77.0 Å². The van der Waals surface area contributed by atoms with Crippen LogP contribution < -0.4 is 0 Å². The molecule has 0 spiro atoms. The third-order valence-corrected chi connectivity index (χ3v) is 11.7. The summed E-state index contributed by atoms with van der Waals surface area (Å²) in [7, 11) is 0. The number of carbonyl (C=O) groups is 3. The molecule has 0 aromatic carbocycles. The summed E-state index contributed by atoms with van der Waals surface area (Å²) in [6.07, 6.45) is 67.5. The lowest BCUT2D eigenvalue weighted by atomic mass is 10.1. The van der Waals surface area contributed by atoms with Crippen LogP contribution in [0.3, 0.4) is 0 Å². The Bertz CT molecular complexity index is 1230. The lowest BCUT2D eigenvalue weighted by molar-refractivity contribution is -0.167. The van der Waals surface area contributed by atoms with E-state index in [0.29, 0.717) is 19.3 Å². The van der Waals surface area contributed by atoms with E-state index < -0.39 is 6.10 Å². The molecule has 0 bridgehead atoms. The van der Waals surface area contributed by atoms with Crippen LogP contribution in [-0.4, -0.2) is 37.2 Å². The van der Waals surface area contributed by atoms with E-state index in [9.17, 15) is 14.4 Å².